The first-order valence-electron chi connectivity index (χ1n) is 9.46. The number of amides is 1. The Morgan fingerprint density at radius 1 is 1.00 bits per heavy atom. The Balaban J connectivity index is 1.68. The molecule has 2 fully saturated rings. The van der Waals surface area contributed by atoms with Gasteiger partial charge in [0.25, 0.3) is 0 Å². The Kier molecular flexibility index (Phi) is 6.35. The fourth-order valence-electron chi connectivity index (χ4n) is 3.85. The van der Waals surface area contributed by atoms with Crippen LogP contribution in [0.5, 0.6) is 0 Å². The van der Waals surface area contributed by atoms with Crippen molar-refractivity contribution < 1.29 is 9.53 Å². The van der Waals surface area contributed by atoms with Crippen LogP contribution in [0.4, 0.5) is 4.79 Å². The molecule has 0 bridgehead atoms. The van der Waals surface area contributed by atoms with Crippen LogP contribution in [0.3, 0.4) is 0 Å². The molecule has 0 aromatic rings. The molecule has 2 saturated heterocycles. The molecule has 0 aromatic carbocycles. The standard InChI is InChI=1S/C19H36N2O2/c1-15(2)20-10-6-16(7-11-20)14-17-8-12-21(13-9-17)18(22)23-19(3,4)5/h15-17H,6-14H2,1-5H3. The second kappa shape index (κ2) is 7.87. The van der Waals surface area contributed by atoms with Crippen molar-refractivity contribution in [2.45, 2.75) is 78.4 Å². The lowest BCUT2D eigenvalue weighted by Crippen LogP contribution is -2.42. The number of ether oxygens (including phenoxy) is 1. The fourth-order valence-corrected chi connectivity index (χ4v) is 3.85. The summed E-state index contributed by atoms with van der Waals surface area (Å²) in [5.74, 6) is 1.69. The van der Waals surface area contributed by atoms with Crippen LogP contribution in [0.25, 0.3) is 0 Å². The third-order valence-electron chi connectivity index (χ3n) is 5.31. The summed E-state index contributed by atoms with van der Waals surface area (Å²) >= 11 is 0. The summed E-state index contributed by atoms with van der Waals surface area (Å²) in [5.41, 5.74) is -0.391. The van der Waals surface area contributed by atoms with Crippen molar-refractivity contribution in [3.8, 4) is 0 Å². The highest BCUT2D eigenvalue weighted by molar-refractivity contribution is 5.68. The molecule has 4 nitrogen and oxygen atoms in total. The van der Waals surface area contributed by atoms with E-state index in [0.29, 0.717) is 6.04 Å². The lowest BCUT2D eigenvalue weighted by atomic mass is 9.82. The van der Waals surface area contributed by atoms with E-state index in [1.165, 1.54) is 32.4 Å². The summed E-state index contributed by atoms with van der Waals surface area (Å²) in [6.07, 6.45) is 6.21. The van der Waals surface area contributed by atoms with E-state index in [2.05, 4.69) is 18.7 Å². The Morgan fingerprint density at radius 3 is 1.91 bits per heavy atom. The fraction of sp³-hybridized carbons (Fsp3) is 0.947. The van der Waals surface area contributed by atoms with Gasteiger partial charge >= 0.3 is 6.09 Å². The number of likely N-dealkylation sites (tertiary alicyclic amines) is 2. The van der Waals surface area contributed by atoms with Crippen molar-refractivity contribution in [3.63, 3.8) is 0 Å². The minimum Gasteiger partial charge on any atom is -0.444 e. The molecule has 0 atom stereocenters. The lowest BCUT2D eigenvalue weighted by molar-refractivity contribution is 0.0169. The average molecular weight is 325 g/mol. The normalized spacial score (nSPS) is 22.6. The molecule has 2 rings (SSSR count). The predicted octanol–water partition coefficient (Wildman–Crippen LogP) is 4.14. The van der Waals surface area contributed by atoms with Gasteiger partial charge in [-0.2, -0.15) is 0 Å². The molecule has 0 saturated carbocycles. The minimum atomic E-state index is -0.391. The molecule has 0 radical (unpaired) electrons. The number of carbonyl (C=O) groups is 1. The largest absolute Gasteiger partial charge is 0.444 e. The maximum atomic E-state index is 12.1. The zero-order valence-electron chi connectivity index (χ0n) is 15.8. The van der Waals surface area contributed by atoms with Crippen molar-refractivity contribution in [2.24, 2.45) is 11.8 Å². The summed E-state index contributed by atoms with van der Waals surface area (Å²) in [6, 6.07) is 0.688. The Morgan fingerprint density at radius 2 is 1.48 bits per heavy atom. The van der Waals surface area contributed by atoms with Crippen LogP contribution in [0.15, 0.2) is 0 Å². The van der Waals surface area contributed by atoms with Crippen LogP contribution >= 0.6 is 0 Å². The smallest absolute Gasteiger partial charge is 0.410 e. The van der Waals surface area contributed by atoms with E-state index in [4.69, 9.17) is 4.74 Å². The molecule has 1 amide bonds. The highest BCUT2D eigenvalue weighted by Crippen LogP contribution is 2.30. The molecular weight excluding hydrogens is 288 g/mol. The highest BCUT2D eigenvalue weighted by atomic mass is 16.6. The van der Waals surface area contributed by atoms with Gasteiger partial charge in [-0.1, -0.05) is 0 Å². The van der Waals surface area contributed by atoms with Crippen molar-refractivity contribution >= 4 is 6.09 Å². The van der Waals surface area contributed by atoms with Gasteiger partial charge in [-0.3, -0.25) is 0 Å². The van der Waals surface area contributed by atoms with Gasteiger partial charge in [0, 0.05) is 19.1 Å². The molecule has 2 aliphatic heterocycles. The summed E-state index contributed by atoms with van der Waals surface area (Å²) in [5, 5.41) is 0. The Hall–Kier alpha value is -0.770. The second-order valence-corrected chi connectivity index (χ2v) is 8.72. The van der Waals surface area contributed by atoms with E-state index in [9.17, 15) is 4.79 Å². The first-order chi connectivity index (χ1) is 10.7. The second-order valence-electron chi connectivity index (χ2n) is 8.72. The van der Waals surface area contributed by atoms with Gasteiger partial charge in [0.15, 0.2) is 0 Å². The van der Waals surface area contributed by atoms with Gasteiger partial charge in [0.05, 0.1) is 0 Å². The molecule has 23 heavy (non-hydrogen) atoms. The maximum absolute atomic E-state index is 12.1. The van der Waals surface area contributed by atoms with Crippen molar-refractivity contribution in [2.75, 3.05) is 26.2 Å². The predicted molar refractivity (Wildman–Crippen MR) is 94.6 cm³/mol. The van der Waals surface area contributed by atoms with Gasteiger partial charge < -0.3 is 14.5 Å². The van der Waals surface area contributed by atoms with Gasteiger partial charge in [-0.05, 0) is 91.6 Å². The van der Waals surface area contributed by atoms with Gasteiger partial charge in [-0.25, -0.2) is 4.79 Å². The quantitative estimate of drug-likeness (QED) is 0.782. The number of hydrogen-bond donors (Lipinski definition) is 0. The summed E-state index contributed by atoms with van der Waals surface area (Å²) in [4.78, 5) is 16.6. The molecular formula is C19H36N2O2. The number of hydrogen-bond acceptors (Lipinski definition) is 3. The van der Waals surface area contributed by atoms with E-state index >= 15 is 0 Å². The summed E-state index contributed by atoms with van der Waals surface area (Å²) in [6.45, 7) is 14.6. The zero-order valence-corrected chi connectivity index (χ0v) is 15.8. The van der Waals surface area contributed by atoms with E-state index in [0.717, 1.165) is 37.8 Å². The van der Waals surface area contributed by atoms with Crippen LogP contribution in [0.2, 0.25) is 0 Å². The maximum Gasteiger partial charge on any atom is 0.410 e. The summed E-state index contributed by atoms with van der Waals surface area (Å²) < 4.78 is 5.48. The van der Waals surface area contributed by atoms with E-state index in [1.807, 2.05) is 25.7 Å². The first kappa shape index (κ1) is 18.6. The SMILES string of the molecule is CC(C)N1CCC(CC2CCN(C(=O)OC(C)(C)C)CC2)CC1. The molecule has 0 unspecified atom stereocenters. The molecule has 0 spiro atoms. The molecule has 2 aliphatic rings. The number of rotatable bonds is 3. The van der Waals surface area contributed by atoms with Crippen LogP contribution in [-0.2, 0) is 4.74 Å². The van der Waals surface area contributed by atoms with Gasteiger partial charge in [-0.15, -0.1) is 0 Å². The Labute approximate surface area is 142 Å². The van der Waals surface area contributed by atoms with Crippen LogP contribution in [-0.4, -0.2) is 53.7 Å². The third kappa shape index (κ3) is 5.98. The molecule has 4 heteroatoms. The third-order valence-corrected chi connectivity index (χ3v) is 5.31. The number of piperidine rings is 2. The first-order valence-corrected chi connectivity index (χ1v) is 9.46. The van der Waals surface area contributed by atoms with E-state index in [1.54, 1.807) is 0 Å². The van der Waals surface area contributed by atoms with Crippen molar-refractivity contribution in [3.05, 3.63) is 0 Å². The summed E-state index contributed by atoms with van der Waals surface area (Å²) in [7, 11) is 0. The zero-order chi connectivity index (χ0) is 17.0. The van der Waals surface area contributed by atoms with E-state index < -0.39 is 5.60 Å². The van der Waals surface area contributed by atoms with Gasteiger partial charge in [0.1, 0.15) is 5.60 Å². The number of nitrogens with zero attached hydrogens (tertiary/aromatic N) is 2. The van der Waals surface area contributed by atoms with E-state index in [-0.39, 0.29) is 6.09 Å². The lowest BCUT2D eigenvalue weighted by Gasteiger charge is -2.38. The van der Waals surface area contributed by atoms with Crippen molar-refractivity contribution in [1.29, 1.82) is 0 Å². The molecule has 0 aromatic heterocycles. The van der Waals surface area contributed by atoms with Crippen LogP contribution < -0.4 is 0 Å². The highest BCUT2D eigenvalue weighted by Gasteiger charge is 2.29. The van der Waals surface area contributed by atoms with Crippen LogP contribution in [0, 0.1) is 11.8 Å². The molecule has 0 N–H and O–H groups in total. The van der Waals surface area contributed by atoms with Crippen molar-refractivity contribution in [1.82, 2.24) is 9.80 Å². The molecule has 2 heterocycles. The Bertz CT molecular complexity index is 373. The van der Waals surface area contributed by atoms with Crippen LogP contribution in [0.1, 0.15) is 66.7 Å². The number of carbonyl (C=O) groups excluding carboxylic acids is 1. The van der Waals surface area contributed by atoms with Gasteiger partial charge in [0.2, 0.25) is 0 Å². The average Bonchev–Trinajstić information content (AvgIpc) is 2.46. The minimum absolute atomic E-state index is 0.138. The topological polar surface area (TPSA) is 32.8 Å². The molecule has 0 aliphatic carbocycles. The monoisotopic (exact) mass is 324 g/mol. The molecule has 134 valence electrons.